The van der Waals surface area contributed by atoms with Crippen LogP contribution in [0, 0.1) is 0 Å². The van der Waals surface area contributed by atoms with E-state index in [4.69, 9.17) is 14.2 Å². The van der Waals surface area contributed by atoms with Gasteiger partial charge in [-0.1, -0.05) is 42.5 Å². The van der Waals surface area contributed by atoms with Gasteiger partial charge in [0.1, 0.15) is 19.8 Å². The molecule has 1 aliphatic rings. The average Bonchev–Trinajstić information content (AvgIpc) is 2.64. The molecule has 1 aliphatic heterocycles. The maximum atomic E-state index is 11.7. The summed E-state index contributed by atoms with van der Waals surface area (Å²) in [6.07, 6.45) is 6.83. The van der Waals surface area contributed by atoms with Gasteiger partial charge in [0.25, 0.3) is 0 Å². The number of carbonyl (C=O) groups excluding carboxylic acids is 1. The third kappa shape index (κ3) is 4.49. The molecule has 0 N–H and O–H groups in total. The molecule has 0 bridgehead atoms. The zero-order valence-corrected chi connectivity index (χ0v) is 13.2. The van der Waals surface area contributed by atoms with Gasteiger partial charge in [0.15, 0.2) is 11.5 Å². The van der Waals surface area contributed by atoms with Crippen molar-refractivity contribution in [3.8, 4) is 11.5 Å². The molecule has 122 valence electrons. The molecule has 0 aromatic heterocycles. The number of benzene rings is 2. The lowest BCUT2D eigenvalue weighted by Gasteiger charge is -2.18. The molecule has 0 saturated carbocycles. The summed E-state index contributed by atoms with van der Waals surface area (Å²) >= 11 is 0. The van der Waals surface area contributed by atoms with Gasteiger partial charge in [-0.05, 0) is 35.4 Å². The largest absolute Gasteiger partial charge is 0.486 e. The summed E-state index contributed by atoms with van der Waals surface area (Å²) in [6.45, 7) is 1.33. The van der Waals surface area contributed by atoms with Crippen LogP contribution in [-0.2, 0) is 9.53 Å². The highest BCUT2D eigenvalue weighted by Gasteiger charge is 2.10. The van der Waals surface area contributed by atoms with Crippen LogP contribution < -0.4 is 9.47 Å². The molecule has 1 heterocycles. The van der Waals surface area contributed by atoms with Crippen LogP contribution in [0.5, 0.6) is 11.5 Å². The van der Waals surface area contributed by atoms with Crippen molar-refractivity contribution in [3.05, 3.63) is 71.8 Å². The monoisotopic (exact) mass is 322 g/mol. The third-order valence-corrected chi connectivity index (χ3v) is 3.41. The number of hydrogen-bond acceptors (Lipinski definition) is 4. The topological polar surface area (TPSA) is 44.8 Å². The van der Waals surface area contributed by atoms with Crippen molar-refractivity contribution < 1.29 is 19.0 Å². The fraction of sp³-hybridized carbons (Fsp3) is 0.150. The van der Waals surface area contributed by atoms with Crippen molar-refractivity contribution >= 4 is 18.1 Å². The van der Waals surface area contributed by atoms with Crippen LogP contribution in [-0.4, -0.2) is 25.8 Å². The fourth-order valence-corrected chi connectivity index (χ4v) is 2.25. The summed E-state index contributed by atoms with van der Waals surface area (Å²) in [5, 5.41) is 0. The maximum absolute atomic E-state index is 11.7. The SMILES string of the molecule is O=C(/C=C\c1ccc2c(c1)OCCO2)OC/C=C\c1ccccc1. The molecular formula is C20H18O4. The second-order valence-electron chi connectivity index (χ2n) is 5.18. The minimum Gasteiger partial charge on any atom is -0.486 e. The molecule has 0 amide bonds. The van der Waals surface area contributed by atoms with Gasteiger partial charge in [0.2, 0.25) is 0 Å². The van der Waals surface area contributed by atoms with Crippen LogP contribution >= 0.6 is 0 Å². The van der Waals surface area contributed by atoms with Crippen LogP contribution in [0.2, 0.25) is 0 Å². The van der Waals surface area contributed by atoms with Gasteiger partial charge in [0, 0.05) is 6.08 Å². The van der Waals surface area contributed by atoms with Crippen molar-refractivity contribution in [2.75, 3.05) is 19.8 Å². The quantitative estimate of drug-likeness (QED) is 0.621. The predicted octanol–water partition coefficient (Wildman–Crippen LogP) is 3.73. The van der Waals surface area contributed by atoms with E-state index in [1.165, 1.54) is 6.08 Å². The van der Waals surface area contributed by atoms with Crippen LogP contribution in [0.3, 0.4) is 0 Å². The maximum Gasteiger partial charge on any atom is 0.331 e. The number of esters is 1. The van der Waals surface area contributed by atoms with E-state index < -0.39 is 0 Å². The molecule has 4 nitrogen and oxygen atoms in total. The van der Waals surface area contributed by atoms with Gasteiger partial charge >= 0.3 is 5.97 Å². The lowest BCUT2D eigenvalue weighted by atomic mass is 10.2. The number of hydrogen-bond donors (Lipinski definition) is 0. The van der Waals surface area contributed by atoms with Crippen molar-refractivity contribution in [1.29, 1.82) is 0 Å². The Labute approximate surface area is 141 Å². The van der Waals surface area contributed by atoms with E-state index in [9.17, 15) is 4.79 Å². The molecule has 4 heteroatoms. The van der Waals surface area contributed by atoms with Gasteiger partial charge in [0.05, 0.1) is 0 Å². The van der Waals surface area contributed by atoms with E-state index in [2.05, 4.69) is 0 Å². The van der Waals surface area contributed by atoms with E-state index >= 15 is 0 Å². The van der Waals surface area contributed by atoms with Crippen molar-refractivity contribution in [2.45, 2.75) is 0 Å². The summed E-state index contributed by atoms with van der Waals surface area (Å²) in [5.41, 5.74) is 1.93. The Balaban J connectivity index is 1.49. The molecule has 3 rings (SSSR count). The Kier molecular flexibility index (Phi) is 5.30. The zero-order chi connectivity index (χ0) is 16.6. The lowest BCUT2D eigenvalue weighted by molar-refractivity contribution is -0.136. The highest BCUT2D eigenvalue weighted by atomic mass is 16.6. The first-order chi connectivity index (χ1) is 11.8. The lowest BCUT2D eigenvalue weighted by Crippen LogP contribution is -2.15. The Hall–Kier alpha value is -3.01. The van der Waals surface area contributed by atoms with Crippen LogP contribution in [0.4, 0.5) is 0 Å². The Morgan fingerprint density at radius 1 is 0.958 bits per heavy atom. The molecule has 0 saturated heterocycles. The molecule has 0 fully saturated rings. The van der Waals surface area contributed by atoms with Crippen LogP contribution in [0.1, 0.15) is 11.1 Å². The second kappa shape index (κ2) is 8.02. The van der Waals surface area contributed by atoms with Gasteiger partial charge in [-0.2, -0.15) is 0 Å². The third-order valence-electron chi connectivity index (χ3n) is 3.41. The normalized spacial score (nSPS) is 13.3. The summed E-state index contributed by atoms with van der Waals surface area (Å²) in [5.74, 6) is 1.04. The first-order valence-electron chi connectivity index (χ1n) is 7.77. The Morgan fingerprint density at radius 2 is 1.75 bits per heavy atom. The minimum absolute atomic E-state index is 0.235. The van der Waals surface area contributed by atoms with E-state index in [-0.39, 0.29) is 12.6 Å². The number of fused-ring (bicyclic) bond motifs is 1. The van der Waals surface area contributed by atoms with Crippen LogP contribution in [0.15, 0.2) is 60.7 Å². The van der Waals surface area contributed by atoms with Crippen molar-refractivity contribution in [1.82, 2.24) is 0 Å². The molecule has 0 atom stereocenters. The molecule has 0 aliphatic carbocycles. The Morgan fingerprint density at radius 3 is 2.58 bits per heavy atom. The minimum atomic E-state index is -0.386. The first kappa shape index (κ1) is 15.9. The molecule has 24 heavy (non-hydrogen) atoms. The van der Waals surface area contributed by atoms with E-state index in [0.29, 0.717) is 19.0 Å². The molecule has 0 unspecified atom stereocenters. The van der Waals surface area contributed by atoms with E-state index in [1.54, 1.807) is 6.08 Å². The van der Waals surface area contributed by atoms with Gasteiger partial charge in [-0.3, -0.25) is 0 Å². The summed E-state index contributed by atoms with van der Waals surface area (Å²) < 4.78 is 16.1. The summed E-state index contributed by atoms with van der Waals surface area (Å²) in [7, 11) is 0. The highest BCUT2D eigenvalue weighted by Crippen LogP contribution is 2.31. The van der Waals surface area contributed by atoms with E-state index in [1.807, 2.05) is 60.7 Å². The summed E-state index contributed by atoms with van der Waals surface area (Å²) in [4.78, 5) is 11.7. The number of rotatable bonds is 5. The number of ether oxygens (including phenoxy) is 3. The molecule has 2 aromatic carbocycles. The van der Waals surface area contributed by atoms with Crippen molar-refractivity contribution in [2.24, 2.45) is 0 Å². The first-order valence-corrected chi connectivity index (χ1v) is 7.77. The predicted molar refractivity (Wildman–Crippen MR) is 92.9 cm³/mol. The fourth-order valence-electron chi connectivity index (χ4n) is 2.25. The van der Waals surface area contributed by atoms with Crippen LogP contribution in [0.25, 0.3) is 12.2 Å². The molecule has 0 spiro atoms. The smallest absolute Gasteiger partial charge is 0.331 e. The second-order valence-corrected chi connectivity index (χ2v) is 5.18. The van der Waals surface area contributed by atoms with Gasteiger partial charge in [-0.15, -0.1) is 0 Å². The molecule has 0 radical (unpaired) electrons. The molecular weight excluding hydrogens is 304 g/mol. The van der Waals surface area contributed by atoms with Crippen molar-refractivity contribution in [3.63, 3.8) is 0 Å². The highest BCUT2D eigenvalue weighted by molar-refractivity contribution is 5.87. The molecule has 2 aromatic rings. The summed E-state index contributed by atoms with van der Waals surface area (Å²) in [6, 6.07) is 15.4. The zero-order valence-electron chi connectivity index (χ0n) is 13.2. The van der Waals surface area contributed by atoms with E-state index in [0.717, 1.165) is 16.9 Å². The number of carbonyl (C=O) groups is 1. The van der Waals surface area contributed by atoms with Gasteiger partial charge in [-0.25, -0.2) is 4.79 Å². The van der Waals surface area contributed by atoms with Gasteiger partial charge < -0.3 is 14.2 Å². The standard InChI is InChI=1S/C20H18O4/c21-20(24-12-4-7-16-5-2-1-3-6-16)11-9-17-8-10-18-19(15-17)23-14-13-22-18/h1-11,15H,12-14H2/b7-4-,11-9-. The average molecular weight is 322 g/mol. The Bertz CT molecular complexity index is 747.